The lowest BCUT2D eigenvalue weighted by molar-refractivity contribution is -0.383. The first-order valence-corrected chi connectivity index (χ1v) is 5.95. The van der Waals surface area contributed by atoms with Gasteiger partial charge in [-0.1, -0.05) is 19.1 Å². The van der Waals surface area contributed by atoms with Crippen LogP contribution in [0.2, 0.25) is 0 Å². The van der Waals surface area contributed by atoms with Crippen molar-refractivity contribution in [1.29, 1.82) is 0 Å². The smallest absolute Gasteiger partial charge is 0.299 e. The monoisotopic (exact) mass is 258 g/mol. The van der Waals surface area contributed by atoms with Crippen molar-refractivity contribution in [2.75, 3.05) is 7.11 Å². The van der Waals surface area contributed by atoms with Crippen LogP contribution in [0.25, 0.3) is 17.0 Å². The Labute approximate surface area is 110 Å². The van der Waals surface area contributed by atoms with Gasteiger partial charge in [-0.05, 0) is 24.1 Å². The number of fused-ring (bicyclic) bond motifs is 1. The first-order valence-electron chi connectivity index (χ1n) is 5.95. The Balaban J connectivity index is 2.77. The molecular weight excluding hydrogens is 244 g/mol. The molecule has 2 aromatic rings. The van der Waals surface area contributed by atoms with Crippen LogP contribution in [0.15, 0.2) is 30.5 Å². The van der Waals surface area contributed by atoms with Crippen LogP contribution in [0, 0.1) is 10.1 Å². The van der Waals surface area contributed by atoms with Crippen LogP contribution < -0.4 is 4.74 Å². The molecule has 0 aliphatic carbocycles. The Hall–Kier alpha value is -2.43. The highest BCUT2D eigenvalue weighted by molar-refractivity contribution is 5.94. The van der Waals surface area contributed by atoms with Gasteiger partial charge in [-0.15, -0.1) is 0 Å². The lowest BCUT2D eigenvalue weighted by Gasteiger charge is -2.06. The van der Waals surface area contributed by atoms with Gasteiger partial charge >= 0.3 is 0 Å². The number of non-ortho nitro benzene ring substituents is 1. The number of aromatic nitrogens is 1. The summed E-state index contributed by atoms with van der Waals surface area (Å²) >= 11 is 0. The maximum Gasteiger partial charge on any atom is 0.299 e. The second-order valence-electron chi connectivity index (χ2n) is 4.01. The SMILES string of the molecule is CC/C=C/c1ccnc2c([N+](=O)[O-])cc(OC)cc12. The molecule has 5 heteroatoms. The summed E-state index contributed by atoms with van der Waals surface area (Å²) in [6.07, 6.45) is 6.42. The van der Waals surface area contributed by atoms with Gasteiger partial charge in [-0.2, -0.15) is 0 Å². The van der Waals surface area contributed by atoms with Crippen molar-refractivity contribution in [3.63, 3.8) is 0 Å². The summed E-state index contributed by atoms with van der Waals surface area (Å²) in [5, 5.41) is 11.8. The number of nitro groups is 1. The lowest BCUT2D eigenvalue weighted by Crippen LogP contribution is -1.94. The molecule has 0 N–H and O–H groups in total. The van der Waals surface area contributed by atoms with E-state index in [4.69, 9.17) is 4.74 Å². The van der Waals surface area contributed by atoms with E-state index in [1.807, 2.05) is 25.1 Å². The maximum absolute atomic E-state index is 11.1. The number of hydrogen-bond donors (Lipinski definition) is 0. The zero-order chi connectivity index (χ0) is 13.8. The molecule has 0 unspecified atom stereocenters. The largest absolute Gasteiger partial charge is 0.496 e. The van der Waals surface area contributed by atoms with E-state index in [0.717, 1.165) is 17.4 Å². The third kappa shape index (κ3) is 2.54. The quantitative estimate of drug-likeness (QED) is 0.621. The van der Waals surface area contributed by atoms with Gasteiger partial charge in [0.05, 0.1) is 18.1 Å². The van der Waals surface area contributed by atoms with E-state index < -0.39 is 4.92 Å². The fourth-order valence-electron chi connectivity index (χ4n) is 1.88. The number of rotatable bonds is 4. The average molecular weight is 258 g/mol. The van der Waals surface area contributed by atoms with Crippen molar-refractivity contribution in [2.45, 2.75) is 13.3 Å². The summed E-state index contributed by atoms with van der Waals surface area (Å²) < 4.78 is 5.12. The summed E-state index contributed by atoms with van der Waals surface area (Å²) in [6, 6.07) is 4.99. The van der Waals surface area contributed by atoms with E-state index in [-0.39, 0.29) is 5.69 Å². The standard InChI is InChI=1S/C14H14N2O3/c1-3-4-5-10-6-7-15-14-12(10)8-11(19-2)9-13(14)16(17)18/h4-9H,3H2,1-2H3/b5-4+. The molecule has 1 aromatic carbocycles. The summed E-state index contributed by atoms with van der Waals surface area (Å²) in [5.74, 6) is 0.457. The molecule has 19 heavy (non-hydrogen) atoms. The van der Waals surface area contributed by atoms with Crippen molar-refractivity contribution in [3.05, 3.63) is 46.1 Å². The topological polar surface area (TPSA) is 65.3 Å². The molecule has 0 fully saturated rings. The summed E-state index contributed by atoms with van der Waals surface area (Å²) in [4.78, 5) is 14.8. The van der Waals surface area contributed by atoms with Crippen molar-refractivity contribution >= 4 is 22.7 Å². The summed E-state index contributed by atoms with van der Waals surface area (Å²) in [5.41, 5.74) is 1.24. The minimum atomic E-state index is -0.439. The second kappa shape index (κ2) is 5.48. The molecule has 0 aliphatic heterocycles. The van der Waals surface area contributed by atoms with E-state index in [9.17, 15) is 10.1 Å². The van der Waals surface area contributed by atoms with Gasteiger partial charge in [0, 0.05) is 11.6 Å². The Kier molecular flexibility index (Phi) is 3.75. The molecule has 1 aromatic heterocycles. The fourth-order valence-corrected chi connectivity index (χ4v) is 1.88. The van der Waals surface area contributed by atoms with Crippen molar-refractivity contribution < 1.29 is 9.66 Å². The fraction of sp³-hybridized carbons (Fsp3) is 0.214. The van der Waals surface area contributed by atoms with Gasteiger partial charge in [0.25, 0.3) is 5.69 Å². The Bertz CT molecular complexity index is 650. The van der Waals surface area contributed by atoms with E-state index >= 15 is 0 Å². The van der Waals surface area contributed by atoms with Crippen molar-refractivity contribution in [1.82, 2.24) is 4.98 Å². The van der Waals surface area contributed by atoms with Gasteiger partial charge in [0.15, 0.2) is 0 Å². The highest BCUT2D eigenvalue weighted by Gasteiger charge is 2.16. The minimum absolute atomic E-state index is 0.0406. The maximum atomic E-state index is 11.1. The van der Waals surface area contributed by atoms with Crippen LogP contribution in [0.3, 0.4) is 0 Å². The first-order chi connectivity index (χ1) is 9.17. The Morgan fingerprint density at radius 2 is 2.26 bits per heavy atom. The summed E-state index contributed by atoms with van der Waals surface area (Å²) in [7, 11) is 1.49. The van der Waals surface area contributed by atoms with Gasteiger partial charge in [0.1, 0.15) is 11.3 Å². The molecular formula is C14H14N2O3. The molecule has 0 spiro atoms. The highest BCUT2D eigenvalue weighted by Crippen LogP contribution is 2.31. The van der Waals surface area contributed by atoms with Crippen molar-refractivity contribution in [3.8, 4) is 5.75 Å². The van der Waals surface area contributed by atoms with Crippen LogP contribution in [0.1, 0.15) is 18.9 Å². The van der Waals surface area contributed by atoms with Crippen LogP contribution in [-0.2, 0) is 0 Å². The first kappa shape index (κ1) is 13.0. The molecule has 0 radical (unpaired) electrons. The molecule has 98 valence electrons. The minimum Gasteiger partial charge on any atom is -0.496 e. The molecule has 0 amide bonds. The molecule has 0 bridgehead atoms. The van der Waals surface area contributed by atoms with E-state index in [2.05, 4.69) is 4.98 Å². The number of benzene rings is 1. The molecule has 2 rings (SSSR count). The molecule has 0 saturated heterocycles. The lowest BCUT2D eigenvalue weighted by atomic mass is 10.1. The van der Waals surface area contributed by atoms with Crippen LogP contribution in [0.4, 0.5) is 5.69 Å². The zero-order valence-corrected chi connectivity index (χ0v) is 10.8. The number of allylic oxidation sites excluding steroid dienone is 1. The predicted octanol–water partition coefficient (Wildman–Crippen LogP) is 3.57. The van der Waals surface area contributed by atoms with Gasteiger partial charge in [-0.3, -0.25) is 10.1 Å². The van der Waals surface area contributed by atoms with E-state index in [0.29, 0.717) is 11.3 Å². The average Bonchev–Trinajstić information content (AvgIpc) is 2.43. The third-order valence-corrected chi connectivity index (χ3v) is 2.80. The number of nitrogens with zero attached hydrogens (tertiary/aromatic N) is 2. The Morgan fingerprint density at radius 3 is 2.89 bits per heavy atom. The van der Waals surface area contributed by atoms with Gasteiger partial charge < -0.3 is 4.74 Å². The Morgan fingerprint density at radius 1 is 1.47 bits per heavy atom. The van der Waals surface area contributed by atoms with Crippen LogP contribution >= 0.6 is 0 Å². The molecule has 1 heterocycles. The third-order valence-electron chi connectivity index (χ3n) is 2.80. The normalized spacial score (nSPS) is 11.1. The van der Waals surface area contributed by atoms with E-state index in [1.54, 1.807) is 12.3 Å². The summed E-state index contributed by atoms with van der Waals surface area (Å²) in [6.45, 7) is 2.03. The number of hydrogen-bond acceptors (Lipinski definition) is 4. The van der Waals surface area contributed by atoms with Gasteiger partial charge in [-0.25, -0.2) is 4.98 Å². The number of methoxy groups -OCH3 is 1. The highest BCUT2D eigenvalue weighted by atomic mass is 16.6. The predicted molar refractivity (Wildman–Crippen MR) is 74.3 cm³/mol. The van der Waals surface area contributed by atoms with Gasteiger partial charge in [0.2, 0.25) is 0 Å². The zero-order valence-electron chi connectivity index (χ0n) is 10.8. The van der Waals surface area contributed by atoms with Crippen LogP contribution in [-0.4, -0.2) is 17.0 Å². The number of nitro benzene ring substituents is 1. The molecule has 0 saturated carbocycles. The molecule has 5 nitrogen and oxygen atoms in total. The second-order valence-corrected chi connectivity index (χ2v) is 4.01. The molecule has 0 atom stereocenters. The van der Waals surface area contributed by atoms with Crippen molar-refractivity contribution in [2.24, 2.45) is 0 Å². The van der Waals surface area contributed by atoms with E-state index in [1.165, 1.54) is 13.2 Å². The molecule has 0 aliphatic rings. The number of pyridine rings is 1. The van der Waals surface area contributed by atoms with Crippen LogP contribution in [0.5, 0.6) is 5.75 Å². The number of ether oxygens (including phenoxy) is 1.